The van der Waals surface area contributed by atoms with Gasteiger partial charge in [-0.25, -0.2) is 14.4 Å². The van der Waals surface area contributed by atoms with E-state index in [9.17, 15) is 14.0 Å². The first-order valence-electron chi connectivity index (χ1n) is 8.73. The summed E-state index contributed by atoms with van der Waals surface area (Å²) >= 11 is 0. The molecule has 0 radical (unpaired) electrons. The van der Waals surface area contributed by atoms with Crippen LogP contribution >= 0.6 is 0 Å². The number of nitrogens with zero attached hydrogens (tertiary/aromatic N) is 2. The van der Waals surface area contributed by atoms with Gasteiger partial charge in [0.05, 0.1) is 0 Å². The molecule has 0 aliphatic rings. The topological polar surface area (TPSA) is 102 Å². The normalized spacial score (nSPS) is 11.2. The Kier molecular flexibility index (Phi) is 4.70. The van der Waals surface area contributed by atoms with Crippen molar-refractivity contribution in [1.29, 1.82) is 0 Å². The number of fused-ring (bicyclic) bond motifs is 1. The third kappa shape index (κ3) is 3.66. The molecule has 3 heterocycles. The average Bonchev–Trinajstić information content (AvgIpc) is 3.14. The summed E-state index contributed by atoms with van der Waals surface area (Å²) in [6.45, 7) is 0. The zero-order valence-electron chi connectivity index (χ0n) is 15.1. The monoisotopic (exact) mass is 386 g/mol. The molecular weight excluding hydrogens is 371 g/mol. The maximum atomic E-state index is 14.6. The number of aromatic nitrogens is 3. The van der Waals surface area contributed by atoms with E-state index in [1.807, 2.05) is 0 Å². The van der Waals surface area contributed by atoms with Crippen molar-refractivity contribution >= 4 is 28.8 Å². The highest BCUT2D eigenvalue weighted by Gasteiger charge is 2.17. The van der Waals surface area contributed by atoms with E-state index in [0.717, 1.165) is 10.9 Å². The number of hydrogen-bond acceptors (Lipinski definition) is 4. The Morgan fingerprint density at radius 3 is 2.48 bits per heavy atom. The van der Waals surface area contributed by atoms with Crippen molar-refractivity contribution in [2.45, 2.75) is 0 Å². The summed E-state index contributed by atoms with van der Waals surface area (Å²) in [5, 5.41) is 0.741. The number of nitrogens with two attached hydrogens (primary N) is 1. The number of carbonyl (C=O) groups excluding carboxylic acids is 2. The third-order valence-electron chi connectivity index (χ3n) is 4.42. The van der Waals surface area contributed by atoms with Gasteiger partial charge in [0.1, 0.15) is 11.3 Å². The maximum absolute atomic E-state index is 14.6. The van der Waals surface area contributed by atoms with E-state index in [2.05, 4.69) is 15.0 Å². The Labute approximate surface area is 164 Å². The zero-order valence-corrected chi connectivity index (χ0v) is 15.1. The van der Waals surface area contributed by atoms with Gasteiger partial charge in [0, 0.05) is 52.3 Å². The lowest BCUT2D eigenvalue weighted by Crippen LogP contribution is -2.07. The molecular formula is C22H15FN4O2. The number of nitrogens with one attached hydrogen (secondary N) is 1. The molecule has 0 aliphatic carbocycles. The van der Waals surface area contributed by atoms with E-state index in [4.69, 9.17) is 5.73 Å². The number of primary amides is 1. The first-order chi connectivity index (χ1) is 14.0. The number of carbonyl (C=O) groups is 2. The Balaban J connectivity index is 1.71. The van der Waals surface area contributed by atoms with E-state index in [0.29, 0.717) is 22.3 Å². The molecule has 1 amide bonds. The molecule has 0 spiro atoms. The number of halogens is 1. The Bertz CT molecular complexity index is 1260. The molecule has 142 valence electrons. The van der Waals surface area contributed by atoms with Crippen molar-refractivity contribution in [1.82, 2.24) is 15.0 Å². The second-order valence-corrected chi connectivity index (χ2v) is 6.35. The highest BCUT2D eigenvalue weighted by Crippen LogP contribution is 2.26. The lowest BCUT2D eigenvalue weighted by molar-refractivity contribution is -0.113. The van der Waals surface area contributed by atoms with Gasteiger partial charge in [0.15, 0.2) is 5.82 Å². The van der Waals surface area contributed by atoms with Gasteiger partial charge in [-0.3, -0.25) is 9.59 Å². The molecule has 0 bridgehead atoms. The van der Waals surface area contributed by atoms with Crippen molar-refractivity contribution in [2.75, 3.05) is 0 Å². The van der Waals surface area contributed by atoms with Crippen LogP contribution in [0.3, 0.4) is 0 Å². The smallest absolute Gasteiger partial charge is 0.241 e. The van der Waals surface area contributed by atoms with Crippen LogP contribution in [0.15, 0.2) is 67.1 Å². The Morgan fingerprint density at radius 1 is 1.03 bits per heavy atom. The largest absolute Gasteiger partial charge is 0.366 e. The molecule has 4 aromatic rings. The minimum Gasteiger partial charge on any atom is -0.366 e. The van der Waals surface area contributed by atoms with Crippen LogP contribution in [0.2, 0.25) is 0 Å². The summed E-state index contributed by atoms with van der Waals surface area (Å²) in [5.41, 5.74) is 7.71. The highest BCUT2D eigenvalue weighted by atomic mass is 19.1. The number of hydrogen-bond donors (Lipinski definition) is 2. The quantitative estimate of drug-likeness (QED) is 0.405. The first kappa shape index (κ1) is 18.2. The summed E-state index contributed by atoms with van der Waals surface area (Å²) in [6, 6.07) is 11.5. The molecule has 6 nitrogen and oxygen atoms in total. The molecule has 0 saturated heterocycles. The van der Waals surface area contributed by atoms with Crippen LogP contribution in [0.5, 0.6) is 0 Å². The lowest BCUT2D eigenvalue weighted by Gasteiger charge is -2.06. The van der Waals surface area contributed by atoms with Gasteiger partial charge in [-0.1, -0.05) is 30.3 Å². The average molecular weight is 386 g/mol. The van der Waals surface area contributed by atoms with Crippen molar-refractivity contribution < 1.29 is 14.0 Å². The van der Waals surface area contributed by atoms with Gasteiger partial charge in [-0.15, -0.1) is 0 Å². The maximum Gasteiger partial charge on any atom is 0.241 e. The Morgan fingerprint density at radius 2 is 1.76 bits per heavy atom. The lowest BCUT2D eigenvalue weighted by atomic mass is 10.0. The number of pyridine rings is 2. The molecule has 0 unspecified atom stereocenters. The Hall–Kier alpha value is -4.13. The van der Waals surface area contributed by atoms with Crippen molar-refractivity contribution in [2.24, 2.45) is 5.73 Å². The second kappa shape index (κ2) is 7.47. The second-order valence-electron chi connectivity index (χ2n) is 6.35. The van der Waals surface area contributed by atoms with Gasteiger partial charge < -0.3 is 10.7 Å². The van der Waals surface area contributed by atoms with Crippen molar-refractivity contribution in [3.63, 3.8) is 0 Å². The highest BCUT2D eigenvalue weighted by molar-refractivity contribution is 6.08. The molecule has 1 aromatic carbocycles. The summed E-state index contributed by atoms with van der Waals surface area (Å²) in [6.07, 6.45) is 7.54. The van der Waals surface area contributed by atoms with E-state index in [-0.39, 0.29) is 5.69 Å². The predicted octanol–water partition coefficient (Wildman–Crippen LogP) is 3.49. The van der Waals surface area contributed by atoms with E-state index in [1.54, 1.807) is 54.9 Å². The van der Waals surface area contributed by atoms with Crippen LogP contribution in [-0.4, -0.2) is 26.6 Å². The molecule has 3 N–H and O–H groups in total. The van der Waals surface area contributed by atoms with Gasteiger partial charge >= 0.3 is 0 Å². The number of aromatic amines is 1. The summed E-state index contributed by atoms with van der Waals surface area (Å²) in [7, 11) is 0. The summed E-state index contributed by atoms with van der Waals surface area (Å²) in [5.74, 6) is -1.75. The SMILES string of the molecule is NC(=O)/C=C/c1c[nH]c2ncc(-c3cnc(C(=O)c4ccccc4)c(F)c3)cc12. The first-order valence-corrected chi connectivity index (χ1v) is 8.73. The fourth-order valence-electron chi connectivity index (χ4n) is 2.98. The van der Waals surface area contributed by atoms with Crippen LogP contribution in [0.4, 0.5) is 4.39 Å². The number of rotatable bonds is 5. The number of amides is 1. The van der Waals surface area contributed by atoms with E-state index < -0.39 is 17.5 Å². The number of H-pyrrole nitrogens is 1. The molecule has 7 heteroatoms. The summed E-state index contributed by atoms with van der Waals surface area (Å²) < 4.78 is 14.6. The zero-order chi connectivity index (χ0) is 20.4. The number of ketones is 1. The molecule has 0 aliphatic heterocycles. The van der Waals surface area contributed by atoms with Gasteiger partial charge in [-0.05, 0) is 18.2 Å². The van der Waals surface area contributed by atoms with Crippen molar-refractivity contribution in [3.8, 4) is 11.1 Å². The standard InChI is InChI=1S/C22H15FN4O2/c23-18-9-16(11-25-20(18)21(29)13-4-2-1-3-5-13)15-8-17-14(6-7-19(24)28)10-26-22(17)27-12-15/h1-12H,(H2,24,28)(H,26,27)/b7-6+. The van der Waals surface area contributed by atoms with Gasteiger partial charge in [-0.2, -0.15) is 0 Å². The minimum atomic E-state index is -0.709. The van der Waals surface area contributed by atoms with Gasteiger partial charge in [0.2, 0.25) is 11.7 Å². The third-order valence-corrected chi connectivity index (χ3v) is 4.42. The van der Waals surface area contributed by atoms with Crippen LogP contribution in [-0.2, 0) is 4.79 Å². The van der Waals surface area contributed by atoms with Crippen LogP contribution in [0.1, 0.15) is 21.6 Å². The molecule has 4 rings (SSSR count). The van der Waals surface area contributed by atoms with Crippen LogP contribution in [0.25, 0.3) is 28.2 Å². The van der Waals surface area contributed by atoms with Crippen LogP contribution < -0.4 is 5.73 Å². The van der Waals surface area contributed by atoms with E-state index >= 15 is 0 Å². The van der Waals surface area contributed by atoms with E-state index in [1.165, 1.54) is 18.3 Å². The van der Waals surface area contributed by atoms with Gasteiger partial charge in [0.25, 0.3) is 0 Å². The van der Waals surface area contributed by atoms with Crippen molar-refractivity contribution in [3.05, 3.63) is 89.8 Å². The molecule has 0 atom stereocenters. The molecule has 0 fully saturated rings. The number of benzene rings is 1. The molecule has 3 aromatic heterocycles. The fraction of sp³-hybridized carbons (Fsp3) is 0. The minimum absolute atomic E-state index is 0.235. The van der Waals surface area contributed by atoms with Crippen LogP contribution in [0, 0.1) is 5.82 Å². The fourth-order valence-corrected chi connectivity index (χ4v) is 2.98. The molecule has 29 heavy (non-hydrogen) atoms. The molecule has 0 saturated carbocycles. The predicted molar refractivity (Wildman–Crippen MR) is 107 cm³/mol. The summed E-state index contributed by atoms with van der Waals surface area (Å²) in [4.78, 5) is 34.8.